The number of aromatic hydroxyl groups is 1. The molecule has 2 aliphatic heterocycles. The van der Waals surface area contributed by atoms with Crippen LogP contribution in [0.5, 0.6) is 11.5 Å². The molecule has 1 amide bonds. The molecular formula is C29H29FN2O5S. The van der Waals surface area contributed by atoms with Gasteiger partial charge >= 0.3 is 0 Å². The predicted molar refractivity (Wildman–Crippen MR) is 144 cm³/mol. The number of halogens is 1. The molecule has 0 saturated carbocycles. The number of rotatable bonds is 4. The van der Waals surface area contributed by atoms with Gasteiger partial charge in [-0.05, 0) is 41.7 Å². The summed E-state index contributed by atoms with van der Waals surface area (Å²) in [4.78, 5) is 14.3. The number of carbonyl (C=O) groups is 1. The van der Waals surface area contributed by atoms with Crippen LogP contribution in [0.4, 0.5) is 15.8 Å². The van der Waals surface area contributed by atoms with Crippen LogP contribution in [0, 0.1) is 11.2 Å². The number of carbonyl (C=O) groups excluding carboxylic acids is 1. The van der Waals surface area contributed by atoms with Crippen molar-refractivity contribution in [2.24, 2.45) is 5.41 Å². The zero-order valence-electron chi connectivity index (χ0n) is 21.4. The fraction of sp³-hybridized carbons (Fsp3) is 0.276. The van der Waals surface area contributed by atoms with Gasteiger partial charge in [-0.15, -0.1) is 0 Å². The van der Waals surface area contributed by atoms with Gasteiger partial charge in [0.2, 0.25) is 5.91 Å². The number of fused-ring (bicyclic) bond motifs is 1. The molecule has 0 fully saturated rings. The van der Waals surface area contributed by atoms with Gasteiger partial charge in [0.05, 0.1) is 16.3 Å². The van der Waals surface area contributed by atoms with E-state index in [9.17, 15) is 18.3 Å². The van der Waals surface area contributed by atoms with Crippen molar-refractivity contribution in [3.05, 3.63) is 94.3 Å². The first-order chi connectivity index (χ1) is 18.0. The normalized spacial score (nSPS) is 19.6. The Kier molecular flexibility index (Phi) is 6.43. The number of nitrogens with zero attached hydrogens (tertiary/aromatic N) is 1. The molecule has 0 spiro atoms. The number of anilines is 2. The summed E-state index contributed by atoms with van der Waals surface area (Å²) in [6, 6.07) is 17.0. The van der Waals surface area contributed by atoms with Crippen molar-refractivity contribution in [3.63, 3.8) is 0 Å². The third kappa shape index (κ3) is 4.74. The highest BCUT2D eigenvalue weighted by Crippen LogP contribution is 2.51. The van der Waals surface area contributed by atoms with Crippen molar-refractivity contribution in [3.8, 4) is 11.5 Å². The number of hydrogen-bond donors (Lipinski definition) is 2. The van der Waals surface area contributed by atoms with E-state index >= 15 is 4.39 Å². The Morgan fingerprint density at radius 3 is 2.55 bits per heavy atom. The number of amides is 1. The molecule has 0 radical (unpaired) electrons. The van der Waals surface area contributed by atoms with Gasteiger partial charge in [0, 0.05) is 24.3 Å². The molecule has 0 bridgehead atoms. The fourth-order valence-corrected chi connectivity index (χ4v) is 7.65. The monoisotopic (exact) mass is 536 g/mol. The molecule has 198 valence electrons. The molecule has 0 aromatic heterocycles. The number of nitrogens with one attached hydrogen (secondary N) is 1. The number of sulfone groups is 1. The lowest BCUT2D eigenvalue weighted by molar-refractivity contribution is -0.116. The number of ether oxygens (including phenoxy) is 1. The van der Waals surface area contributed by atoms with E-state index in [0.717, 1.165) is 5.56 Å². The maximum atomic E-state index is 15.8. The van der Waals surface area contributed by atoms with Crippen LogP contribution in [0.15, 0.2) is 77.3 Å². The van der Waals surface area contributed by atoms with Crippen LogP contribution < -0.4 is 15.0 Å². The Labute approximate surface area is 221 Å². The minimum Gasteiger partial charge on any atom is -0.506 e. The van der Waals surface area contributed by atoms with Crippen molar-refractivity contribution >= 4 is 27.1 Å². The van der Waals surface area contributed by atoms with Crippen molar-refractivity contribution in [2.45, 2.75) is 39.8 Å². The molecule has 2 aliphatic rings. The van der Waals surface area contributed by atoms with Gasteiger partial charge in [0.25, 0.3) is 0 Å². The molecule has 1 unspecified atom stereocenters. The largest absolute Gasteiger partial charge is 0.506 e. The zero-order chi connectivity index (χ0) is 27.2. The van der Waals surface area contributed by atoms with E-state index in [1.54, 1.807) is 18.2 Å². The summed E-state index contributed by atoms with van der Waals surface area (Å²) >= 11 is 0. The Bertz CT molecular complexity index is 1550. The van der Waals surface area contributed by atoms with Gasteiger partial charge < -0.3 is 15.2 Å². The van der Waals surface area contributed by atoms with E-state index in [4.69, 9.17) is 4.74 Å². The standard InChI is InChI=1S/C29H29FN2O5S/c1-18(33)32-24-10-7-11-25(34)26(24)31-23-15-29(2,3)17-38(35,36)28(23)27(32)21-13-12-20(14-22(21)30)37-16-19-8-5-4-6-9-19/h4-14,27,31,34H,15-17H2,1-3H3. The van der Waals surface area contributed by atoms with Crippen molar-refractivity contribution in [2.75, 3.05) is 16.0 Å². The molecular weight excluding hydrogens is 507 g/mol. The summed E-state index contributed by atoms with van der Waals surface area (Å²) < 4.78 is 49.1. The Balaban J connectivity index is 1.67. The maximum absolute atomic E-state index is 15.8. The minimum atomic E-state index is -3.94. The minimum absolute atomic E-state index is 0.0148. The second-order valence-corrected chi connectivity index (χ2v) is 12.4. The number of para-hydroxylation sites is 1. The summed E-state index contributed by atoms with van der Waals surface area (Å²) in [5.41, 5.74) is 1.11. The third-order valence-corrected chi connectivity index (χ3v) is 9.09. The van der Waals surface area contributed by atoms with Gasteiger partial charge in [-0.1, -0.05) is 50.2 Å². The first kappa shape index (κ1) is 25.8. The Hall–Kier alpha value is -3.85. The lowest BCUT2D eigenvalue weighted by Gasteiger charge is -2.37. The fourth-order valence-electron chi connectivity index (χ4n) is 5.29. The second kappa shape index (κ2) is 9.47. The SMILES string of the molecule is CC(=O)N1c2cccc(O)c2NC2=C(C1c1ccc(OCc3ccccc3)cc1F)S(=O)(=O)CC(C)(C)C2. The molecule has 0 saturated heterocycles. The van der Waals surface area contributed by atoms with Crippen LogP contribution in [0.3, 0.4) is 0 Å². The summed E-state index contributed by atoms with van der Waals surface area (Å²) in [5, 5.41) is 13.8. The maximum Gasteiger partial charge on any atom is 0.224 e. The highest BCUT2D eigenvalue weighted by atomic mass is 32.2. The number of benzene rings is 3. The smallest absolute Gasteiger partial charge is 0.224 e. The van der Waals surface area contributed by atoms with E-state index in [1.807, 2.05) is 44.2 Å². The zero-order valence-corrected chi connectivity index (χ0v) is 22.2. The topological polar surface area (TPSA) is 95.9 Å². The van der Waals surface area contributed by atoms with E-state index in [1.165, 1.54) is 30.0 Å². The predicted octanol–water partition coefficient (Wildman–Crippen LogP) is 5.69. The molecule has 9 heteroatoms. The molecule has 0 aliphatic carbocycles. The van der Waals surface area contributed by atoms with Gasteiger partial charge in [-0.2, -0.15) is 0 Å². The molecule has 38 heavy (non-hydrogen) atoms. The van der Waals surface area contributed by atoms with Crippen LogP contribution in [0.1, 0.15) is 44.4 Å². The molecule has 2 heterocycles. The lowest BCUT2D eigenvalue weighted by atomic mass is 9.88. The van der Waals surface area contributed by atoms with Crippen LogP contribution in [-0.2, 0) is 21.2 Å². The van der Waals surface area contributed by atoms with Crippen LogP contribution in [0.25, 0.3) is 0 Å². The van der Waals surface area contributed by atoms with E-state index in [2.05, 4.69) is 5.32 Å². The molecule has 1 atom stereocenters. The summed E-state index contributed by atoms with van der Waals surface area (Å²) in [6.45, 7) is 5.20. The van der Waals surface area contributed by atoms with Crippen LogP contribution in [0.2, 0.25) is 0 Å². The van der Waals surface area contributed by atoms with Gasteiger partial charge in [0.15, 0.2) is 9.84 Å². The third-order valence-electron chi connectivity index (χ3n) is 6.79. The second-order valence-electron chi connectivity index (χ2n) is 10.5. The van der Waals surface area contributed by atoms with Crippen LogP contribution >= 0.6 is 0 Å². The van der Waals surface area contributed by atoms with Gasteiger partial charge in [-0.3, -0.25) is 9.69 Å². The van der Waals surface area contributed by atoms with Gasteiger partial charge in [-0.25, -0.2) is 12.8 Å². The number of phenols is 1. The van der Waals surface area contributed by atoms with E-state index in [-0.39, 0.29) is 45.7 Å². The summed E-state index contributed by atoms with van der Waals surface area (Å²) in [6.07, 6.45) is 0.331. The Morgan fingerprint density at radius 2 is 1.87 bits per heavy atom. The highest BCUT2D eigenvalue weighted by Gasteiger charge is 2.47. The first-order valence-corrected chi connectivity index (χ1v) is 13.9. The van der Waals surface area contributed by atoms with E-state index in [0.29, 0.717) is 12.1 Å². The lowest BCUT2D eigenvalue weighted by Crippen LogP contribution is -2.40. The molecule has 5 rings (SSSR count). The van der Waals surface area contributed by atoms with E-state index < -0.39 is 33.0 Å². The highest BCUT2D eigenvalue weighted by molar-refractivity contribution is 7.95. The molecule has 7 nitrogen and oxygen atoms in total. The van der Waals surface area contributed by atoms with Crippen molar-refractivity contribution < 1.29 is 27.4 Å². The molecule has 3 aromatic carbocycles. The van der Waals surface area contributed by atoms with Crippen molar-refractivity contribution in [1.82, 2.24) is 0 Å². The summed E-state index contributed by atoms with van der Waals surface area (Å²) in [5.74, 6) is -1.24. The molecule has 2 N–H and O–H groups in total. The Morgan fingerprint density at radius 1 is 1.13 bits per heavy atom. The number of phenolic OH excluding ortho intramolecular Hbond substituents is 1. The average molecular weight is 537 g/mol. The first-order valence-electron chi connectivity index (χ1n) is 12.3. The van der Waals surface area contributed by atoms with Crippen molar-refractivity contribution in [1.29, 1.82) is 0 Å². The quantitative estimate of drug-likeness (QED) is 0.416. The summed E-state index contributed by atoms with van der Waals surface area (Å²) in [7, 11) is -3.94. The molecule has 3 aromatic rings. The average Bonchev–Trinajstić information content (AvgIpc) is 2.98. The number of hydrogen-bond acceptors (Lipinski definition) is 6. The number of allylic oxidation sites excluding steroid dienone is 1. The van der Waals surface area contributed by atoms with Gasteiger partial charge in [0.1, 0.15) is 35.7 Å². The van der Waals surface area contributed by atoms with Crippen LogP contribution in [-0.4, -0.2) is 25.2 Å².